The molecule has 1 fully saturated rings. The van der Waals surface area contributed by atoms with Gasteiger partial charge in [0.25, 0.3) is 0 Å². The second-order valence-electron chi connectivity index (χ2n) is 3.31. The molecular formula is C6H14NO5PS. The van der Waals surface area contributed by atoms with Gasteiger partial charge < -0.3 is 9.79 Å². The number of hydrogen-bond acceptors (Lipinski definition) is 3. The van der Waals surface area contributed by atoms with Gasteiger partial charge in [-0.3, -0.25) is 4.57 Å². The number of nitrogens with zero attached hydrogens (tertiary/aromatic N) is 1. The highest BCUT2D eigenvalue weighted by Crippen LogP contribution is 2.35. The first kappa shape index (κ1) is 12.1. The summed E-state index contributed by atoms with van der Waals surface area (Å²) in [6.07, 6.45) is 0.570. The molecule has 0 amide bonds. The van der Waals surface area contributed by atoms with Crippen molar-refractivity contribution in [3.05, 3.63) is 0 Å². The summed E-state index contributed by atoms with van der Waals surface area (Å²) in [6, 6.07) is 0. The van der Waals surface area contributed by atoms with Gasteiger partial charge in [0.1, 0.15) is 0 Å². The Labute approximate surface area is 83.1 Å². The van der Waals surface area contributed by atoms with E-state index >= 15 is 0 Å². The van der Waals surface area contributed by atoms with Gasteiger partial charge in [-0.2, -0.15) is 0 Å². The molecule has 0 saturated carbocycles. The molecule has 0 atom stereocenters. The summed E-state index contributed by atoms with van der Waals surface area (Å²) >= 11 is 0. The standard InChI is InChI=1S/C6H14NO5PS/c8-13(9,10)5-1-3-7-4-2-6-14(7,11)12/h1-6H2,(H2,8,9,10). The van der Waals surface area contributed by atoms with Crippen LogP contribution in [-0.2, 0) is 14.6 Å². The lowest BCUT2D eigenvalue weighted by atomic mass is 10.4. The van der Waals surface area contributed by atoms with Crippen molar-refractivity contribution in [2.75, 3.05) is 25.0 Å². The third-order valence-electron chi connectivity index (χ3n) is 2.06. The summed E-state index contributed by atoms with van der Waals surface area (Å²) in [6.45, 7) is 0.691. The number of sulfonamides is 1. The Balaban J connectivity index is 2.36. The molecule has 1 saturated heterocycles. The first-order valence-electron chi connectivity index (χ1n) is 4.34. The molecule has 0 aliphatic carbocycles. The van der Waals surface area contributed by atoms with Crippen LogP contribution >= 0.6 is 7.60 Å². The maximum atomic E-state index is 11.2. The van der Waals surface area contributed by atoms with E-state index in [-0.39, 0.29) is 24.9 Å². The molecule has 14 heavy (non-hydrogen) atoms. The Kier molecular flexibility index (Phi) is 3.71. The molecular weight excluding hydrogens is 229 g/mol. The van der Waals surface area contributed by atoms with E-state index in [0.717, 1.165) is 0 Å². The summed E-state index contributed by atoms with van der Waals surface area (Å²) in [4.78, 5) is 17.1. The van der Waals surface area contributed by atoms with Crippen LogP contribution < -0.4 is 0 Å². The van der Waals surface area contributed by atoms with Crippen LogP contribution in [0.3, 0.4) is 0 Å². The monoisotopic (exact) mass is 243 g/mol. The normalized spacial score (nSPS) is 22.7. The van der Waals surface area contributed by atoms with Gasteiger partial charge in [-0.25, -0.2) is 12.7 Å². The fourth-order valence-electron chi connectivity index (χ4n) is 1.40. The first-order valence-corrected chi connectivity index (χ1v) is 7.74. The van der Waals surface area contributed by atoms with Crippen molar-refractivity contribution in [1.82, 2.24) is 4.31 Å². The molecule has 0 aromatic heterocycles. The SMILES string of the molecule is O=P(O)(O)CCCN1CCCS1(=O)=O. The van der Waals surface area contributed by atoms with Crippen LogP contribution in [0.25, 0.3) is 0 Å². The van der Waals surface area contributed by atoms with Crippen molar-refractivity contribution in [3.63, 3.8) is 0 Å². The van der Waals surface area contributed by atoms with Gasteiger partial charge in [0.15, 0.2) is 0 Å². The topological polar surface area (TPSA) is 94.9 Å². The van der Waals surface area contributed by atoms with Crippen LogP contribution in [0.5, 0.6) is 0 Å². The van der Waals surface area contributed by atoms with E-state index in [0.29, 0.717) is 13.0 Å². The molecule has 6 nitrogen and oxygen atoms in total. The van der Waals surface area contributed by atoms with E-state index in [9.17, 15) is 13.0 Å². The van der Waals surface area contributed by atoms with Gasteiger partial charge in [-0.15, -0.1) is 0 Å². The molecule has 0 spiro atoms. The van der Waals surface area contributed by atoms with E-state index in [2.05, 4.69) is 0 Å². The van der Waals surface area contributed by atoms with Gasteiger partial charge in [-0.05, 0) is 12.8 Å². The van der Waals surface area contributed by atoms with Crippen molar-refractivity contribution in [3.8, 4) is 0 Å². The maximum Gasteiger partial charge on any atom is 0.325 e. The number of hydrogen-bond donors (Lipinski definition) is 2. The Hall–Kier alpha value is 0.0600. The van der Waals surface area contributed by atoms with Crippen LogP contribution in [-0.4, -0.2) is 47.5 Å². The van der Waals surface area contributed by atoms with E-state index in [1.807, 2.05) is 0 Å². The zero-order valence-electron chi connectivity index (χ0n) is 7.66. The molecule has 1 aliphatic heterocycles. The predicted molar refractivity (Wildman–Crippen MR) is 51.5 cm³/mol. The highest BCUT2D eigenvalue weighted by atomic mass is 32.2. The molecule has 0 aromatic rings. The molecule has 0 aromatic carbocycles. The van der Waals surface area contributed by atoms with Crippen molar-refractivity contribution >= 4 is 17.6 Å². The second kappa shape index (κ2) is 4.28. The van der Waals surface area contributed by atoms with E-state index in [1.165, 1.54) is 4.31 Å². The molecule has 2 N–H and O–H groups in total. The number of rotatable bonds is 4. The van der Waals surface area contributed by atoms with Crippen molar-refractivity contribution < 1.29 is 22.8 Å². The molecule has 1 heterocycles. The Morgan fingerprint density at radius 3 is 2.43 bits per heavy atom. The van der Waals surface area contributed by atoms with Crippen molar-refractivity contribution in [2.45, 2.75) is 12.8 Å². The van der Waals surface area contributed by atoms with Gasteiger partial charge in [0.05, 0.1) is 11.9 Å². The third-order valence-corrected chi connectivity index (χ3v) is 4.92. The van der Waals surface area contributed by atoms with E-state index < -0.39 is 17.6 Å². The lowest BCUT2D eigenvalue weighted by Crippen LogP contribution is -2.27. The Bertz CT molecular complexity index is 334. The van der Waals surface area contributed by atoms with Crippen LogP contribution in [0, 0.1) is 0 Å². The van der Waals surface area contributed by atoms with Crippen molar-refractivity contribution in [1.29, 1.82) is 0 Å². The second-order valence-corrected chi connectivity index (χ2v) is 7.18. The fraction of sp³-hybridized carbons (Fsp3) is 1.00. The first-order chi connectivity index (χ1) is 6.31. The highest BCUT2D eigenvalue weighted by Gasteiger charge is 2.28. The van der Waals surface area contributed by atoms with Gasteiger partial charge >= 0.3 is 7.60 Å². The molecule has 0 radical (unpaired) electrons. The zero-order valence-corrected chi connectivity index (χ0v) is 9.38. The molecule has 1 aliphatic rings. The zero-order chi connectivity index (χ0) is 10.8. The lowest BCUT2D eigenvalue weighted by molar-refractivity contribution is 0.366. The molecule has 8 heteroatoms. The predicted octanol–water partition coefficient (Wildman–Crippen LogP) is -0.410. The summed E-state index contributed by atoms with van der Waals surface area (Å²) in [5.41, 5.74) is 0. The molecule has 84 valence electrons. The van der Waals surface area contributed by atoms with Crippen LogP contribution in [0.2, 0.25) is 0 Å². The summed E-state index contributed by atoms with van der Waals surface area (Å²) < 4.78 is 34.3. The van der Waals surface area contributed by atoms with Crippen LogP contribution in [0.15, 0.2) is 0 Å². The highest BCUT2D eigenvalue weighted by molar-refractivity contribution is 7.89. The van der Waals surface area contributed by atoms with Crippen LogP contribution in [0.4, 0.5) is 0 Å². The van der Waals surface area contributed by atoms with E-state index in [1.54, 1.807) is 0 Å². The minimum atomic E-state index is -3.99. The molecule has 1 rings (SSSR count). The minimum absolute atomic E-state index is 0.156. The lowest BCUT2D eigenvalue weighted by Gasteiger charge is -2.13. The largest absolute Gasteiger partial charge is 0.325 e. The Morgan fingerprint density at radius 2 is 2.00 bits per heavy atom. The van der Waals surface area contributed by atoms with Crippen LogP contribution in [0.1, 0.15) is 12.8 Å². The summed E-state index contributed by atoms with van der Waals surface area (Å²) in [5, 5.41) is 0. The summed E-state index contributed by atoms with van der Waals surface area (Å²) in [7, 11) is -7.11. The van der Waals surface area contributed by atoms with Gasteiger partial charge in [0.2, 0.25) is 10.0 Å². The van der Waals surface area contributed by atoms with Gasteiger partial charge in [0, 0.05) is 13.1 Å². The summed E-state index contributed by atoms with van der Waals surface area (Å²) in [5.74, 6) is 0.156. The smallest absolute Gasteiger partial charge is 0.324 e. The average Bonchev–Trinajstić information content (AvgIpc) is 2.28. The molecule has 0 bridgehead atoms. The van der Waals surface area contributed by atoms with Gasteiger partial charge in [-0.1, -0.05) is 0 Å². The maximum absolute atomic E-state index is 11.2. The van der Waals surface area contributed by atoms with E-state index in [4.69, 9.17) is 9.79 Å². The average molecular weight is 243 g/mol. The quantitative estimate of drug-likeness (QED) is 0.654. The molecule has 0 unspecified atom stereocenters. The third kappa shape index (κ3) is 3.67. The fourth-order valence-corrected chi connectivity index (χ4v) is 3.52. The van der Waals surface area contributed by atoms with Crippen molar-refractivity contribution in [2.24, 2.45) is 0 Å². The minimum Gasteiger partial charge on any atom is -0.324 e. The Morgan fingerprint density at radius 1 is 1.36 bits per heavy atom.